The second-order valence-corrected chi connectivity index (χ2v) is 5.25. The monoisotopic (exact) mass is 332 g/mol. The molecular weight excluding hydrogens is 316 g/mol. The summed E-state index contributed by atoms with van der Waals surface area (Å²) in [5.41, 5.74) is 2.53. The Labute approximate surface area is 139 Å². The highest BCUT2D eigenvalue weighted by atomic mass is 35.5. The molecule has 0 saturated heterocycles. The van der Waals surface area contributed by atoms with Crippen LogP contribution in [0.25, 0.3) is 0 Å². The zero-order chi connectivity index (χ0) is 16.8. The van der Waals surface area contributed by atoms with E-state index in [2.05, 4.69) is 10.6 Å². The summed E-state index contributed by atoms with van der Waals surface area (Å²) in [5.74, 6) is -0.391. The lowest BCUT2D eigenvalue weighted by molar-refractivity contribution is 0.0526. The molecule has 2 aromatic carbocycles. The van der Waals surface area contributed by atoms with Gasteiger partial charge in [0.2, 0.25) is 0 Å². The normalized spacial score (nSPS) is 10.0. The molecule has 0 atom stereocenters. The molecule has 5 nitrogen and oxygen atoms in total. The predicted octanol–water partition coefficient (Wildman–Crippen LogP) is 4.47. The number of halogens is 1. The van der Waals surface area contributed by atoms with Gasteiger partial charge in [-0.05, 0) is 55.8 Å². The van der Waals surface area contributed by atoms with Gasteiger partial charge in [-0.1, -0.05) is 17.7 Å². The van der Waals surface area contributed by atoms with Gasteiger partial charge < -0.3 is 15.4 Å². The van der Waals surface area contributed by atoms with E-state index >= 15 is 0 Å². The van der Waals surface area contributed by atoms with E-state index < -0.39 is 12.0 Å². The molecule has 0 aliphatic heterocycles. The maximum absolute atomic E-state index is 11.9. The number of carbonyl (C=O) groups excluding carboxylic acids is 2. The van der Waals surface area contributed by atoms with Crippen molar-refractivity contribution in [2.45, 2.75) is 13.8 Å². The van der Waals surface area contributed by atoms with Crippen molar-refractivity contribution in [1.29, 1.82) is 0 Å². The molecular formula is C17H17ClN2O3. The minimum Gasteiger partial charge on any atom is -0.462 e. The first-order valence-corrected chi connectivity index (χ1v) is 7.48. The van der Waals surface area contributed by atoms with E-state index in [4.69, 9.17) is 16.3 Å². The fraction of sp³-hybridized carbons (Fsp3) is 0.176. The lowest BCUT2D eigenvalue weighted by Crippen LogP contribution is -2.19. The second-order valence-electron chi connectivity index (χ2n) is 4.84. The minimum atomic E-state index is -0.395. The highest BCUT2D eigenvalue weighted by molar-refractivity contribution is 6.31. The number of benzene rings is 2. The topological polar surface area (TPSA) is 67.4 Å². The van der Waals surface area contributed by atoms with Gasteiger partial charge in [0.1, 0.15) is 0 Å². The van der Waals surface area contributed by atoms with Gasteiger partial charge in [-0.25, -0.2) is 9.59 Å². The smallest absolute Gasteiger partial charge is 0.338 e. The molecule has 2 aromatic rings. The van der Waals surface area contributed by atoms with Crippen molar-refractivity contribution >= 4 is 35.0 Å². The average Bonchev–Trinajstić information content (AvgIpc) is 2.52. The van der Waals surface area contributed by atoms with Crippen molar-refractivity contribution < 1.29 is 14.3 Å². The molecule has 0 aliphatic carbocycles. The number of hydrogen-bond donors (Lipinski definition) is 2. The lowest BCUT2D eigenvalue weighted by atomic mass is 10.2. The third kappa shape index (κ3) is 4.72. The SMILES string of the molecule is CCOC(=O)c1ccc(NC(=O)Nc2ccc(C)c(Cl)c2)cc1. The van der Waals surface area contributed by atoms with Crippen LogP contribution >= 0.6 is 11.6 Å². The molecule has 23 heavy (non-hydrogen) atoms. The lowest BCUT2D eigenvalue weighted by Gasteiger charge is -2.09. The van der Waals surface area contributed by atoms with Gasteiger partial charge in [0.15, 0.2) is 0 Å². The Morgan fingerprint density at radius 2 is 1.65 bits per heavy atom. The molecule has 0 heterocycles. The molecule has 6 heteroatoms. The summed E-state index contributed by atoms with van der Waals surface area (Å²) < 4.78 is 4.90. The van der Waals surface area contributed by atoms with Gasteiger partial charge in [0.05, 0.1) is 12.2 Å². The van der Waals surface area contributed by atoms with Gasteiger partial charge in [-0.2, -0.15) is 0 Å². The van der Waals surface area contributed by atoms with Crippen LogP contribution in [0.2, 0.25) is 5.02 Å². The van der Waals surface area contributed by atoms with Crippen LogP contribution in [0.4, 0.5) is 16.2 Å². The molecule has 2 amide bonds. The number of aryl methyl sites for hydroxylation is 1. The van der Waals surface area contributed by atoms with E-state index in [1.165, 1.54) is 0 Å². The summed E-state index contributed by atoms with van der Waals surface area (Å²) in [4.78, 5) is 23.5. The first kappa shape index (κ1) is 16.8. The molecule has 2 rings (SSSR count). The minimum absolute atomic E-state index is 0.320. The third-order valence-electron chi connectivity index (χ3n) is 3.08. The van der Waals surface area contributed by atoms with Crippen LogP contribution in [0.5, 0.6) is 0 Å². The fourth-order valence-electron chi connectivity index (χ4n) is 1.87. The third-order valence-corrected chi connectivity index (χ3v) is 3.49. The Morgan fingerprint density at radius 3 is 2.26 bits per heavy atom. The maximum Gasteiger partial charge on any atom is 0.338 e. The van der Waals surface area contributed by atoms with Crippen molar-refractivity contribution in [3.8, 4) is 0 Å². The Hall–Kier alpha value is -2.53. The maximum atomic E-state index is 11.9. The number of amides is 2. The quantitative estimate of drug-likeness (QED) is 0.812. The molecule has 0 radical (unpaired) electrons. The number of rotatable bonds is 4. The van der Waals surface area contributed by atoms with Crippen LogP contribution < -0.4 is 10.6 Å². The van der Waals surface area contributed by atoms with Crippen LogP contribution in [-0.2, 0) is 4.74 Å². The number of ether oxygens (including phenoxy) is 1. The molecule has 0 aliphatic rings. The van der Waals surface area contributed by atoms with Gasteiger partial charge in [0.25, 0.3) is 0 Å². The Morgan fingerprint density at radius 1 is 1.04 bits per heavy atom. The number of hydrogen-bond acceptors (Lipinski definition) is 3. The van der Waals surface area contributed by atoms with E-state index in [1.54, 1.807) is 43.3 Å². The zero-order valence-electron chi connectivity index (χ0n) is 12.9. The average molecular weight is 333 g/mol. The summed E-state index contributed by atoms with van der Waals surface area (Å²) in [6.07, 6.45) is 0. The predicted molar refractivity (Wildman–Crippen MR) is 91.2 cm³/mol. The van der Waals surface area contributed by atoms with Gasteiger partial charge >= 0.3 is 12.0 Å². The van der Waals surface area contributed by atoms with E-state index in [1.807, 2.05) is 13.0 Å². The first-order chi connectivity index (χ1) is 11.0. The van der Waals surface area contributed by atoms with Crippen molar-refractivity contribution in [2.24, 2.45) is 0 Å². The number of urea groups is 1. The molecule has 0 unspecified atom stereocenters. The second kappa shape index (κ2) is 7.65. The molecule has 2 N–H and O–H groups in total. The zero-order valence-corrected chi connectivity index (χ0v) is 13.6. The van der Waals surface area contributed by atoms with Gasteiger partial charge in [0, 0.05) is 16.4 Å². The summed E-state index contributed by atoms with van der Waals surface area (Å²) in [6, 6.07) is 11.3. The fourth-order valence-corrected chi connectivity index (χ4v) is 2.05. The molecule has 0 saturated carbocycles. The van der Waals surface area contributed by atoms with Crippen LogP contribution in [0.1, 0.15) is 22.8 Å². The number of esters is 1. The molecule has 0 aromatic heterocycles. The van der Waals surface area contributed by atoms with Crippen LogP contribution in [0.15, 0.2) is 42.5 Å². The summed E-state index contributed by atoms with van der Waals surface area (Å²) in [7, 11) is 0. The highest BCUT2D eigenvalue weighted by Gasteiger charge is 2.07. The highest BCUT2D eigenvalue weighted by Crippen LogP contribution is 2.20. The van der Waals surface area contributed by atoms with E-state index in [0.29, 0.717) is 28.6 Å². The standard InChI is InChI=1S/C17H17ClN2O3/c1-3-23-16(21)12-5-8-13(9-6-12)19-17(22)20-14-7-4-11(2)15(18)10-14/h4-10H,3H2,1-2H3,(H2,19,20,22). The summed E-state index contributed by atoms with van der Waals surface area (Å²) in [6.45, 7) is 3.95. The summed E-state index contributed by atoms with van der Waals surface area (Å²) in [5, 5.41) is 5.95. The van der Waals surface area contributed by atoms with Crippen molar-refractivity contribution in [3.05, 3.63) is 58.6 Å². The van der Waals surface area contributed by atoms with E-state index in [0.717, 1.165) is 5.56 Å². The molecule has 0 spiro atoms. The largest absolute Gasteiger partial charge is 0.462 e. The molecule has 0 bridgehead atoms. The van der Waals surface area contributed by atoms with Crippen molar-refractivity contribution in [2.75, 3.05) is 17.2 Å². The number of anilines is 2. The summed E-state index contributed by atoms with van der Waals surface area (Å²) >= 11 is 6.01. The Balaban J connectivity index is 1.97. The van der Waals surface area contributed by atoms with Crippen molar-refractivity contribution in [1.82, 2.24) is 0 Å². The number of nitrogens with one attached hydrogen (secondary N) is 2. The molecule has 120 valence electrons. The molecule has 0 fully saturated rings. The van der Waals surface area contributed by atoms with Crippen LogP contribution in [0, 0.1) is 6.92 Å². The van der Waals surface area contributed by atoms with Crippen LogP contribution in [0.3, 0.4) is 0 Å². The number of carbonyl (C=O) groups is 2. The van der Waals surface area contributed by atoms with Gasteiger partial charge in [-0.15, -0.1) is 0 Å². The van der Waals surface area contributed by atoms with Gasteiger partial charge in [-0.3, -0.25) is 0 Å². The Kier molecular flexibility index (Phi) is 5.60. The van der Waals surface area contributed by atoms with Crippen LogP contribution in [-0.4, -0.2) is 18.6 Å². The van der Waals surface area contributed by atoms with Crippen molar-refractivity contribution in [3.63, 3.8) is 0 Å². The van der Waals surface area contributed by atoms with E-state index in [9.17, 15) is 9.59 Å². The first-order valence-electron chi connectivity index (χ1n) is 7.11. The van der Waals surface area contributed by atoms with E-state index in [-0.39, 0.29) is 0 Å². The Bertz CT molecular complexity index is 714.